The Balaban J connectivity index is 1.45. The summed E-state index contributed by atoms with van der Waals surface area (Å²) in [6, 6.07) is 0. The van der Waals surface area contributed by atoms with Crippen LogP contribution in [-0.4, -0.2) is 0 Å². The van der Waals surface area contributed by atoms with Crippen LogP contribution in [0.1, 0.15) is 131 Å². The normalized spacial score (nSPS) is 43.2. The molecule has 0 amide bonds. The average Bonchev–Trinajstić information content (AvgIpc) is 3.09. The molecule has 0 spiro atoms. The second-order valence-electron chi connectivity index (χ2n) is 13.5. The van der Waals surface area contributed by atoms with Crippen molar-refractivity contribution in [2.45, 2.75) is 131 Å². The monoisotopic (exact) mass is 426 g/mol. The second-order valence-corrected chi connectivity index (χ2v) is 13.5. The van der Waals surface area contributed by atoms with E-state index in [4.69, 9.17) is 0 Å². The average molecular weight is 427 g/mol. The first-order chi connectivity index (χ1) is 14.8. The summed E-state index contributed by atoms with van der Waals surface area (Å²) in [5.74, 6) is 6.79. The lowest BCUT2D eigenvalue weighted by Gasteiger charge is -2.58. The molecule has 0 saturated heterocycles. The fourth-order valence-electron chi connectivity index (χ4n) is 9.50. The van der Waals surface area contributed by atoms with Crippen LogP contribution in [0.3, 0.4) is 0 Å². The van der Waals surface area contributed by atoms with Crippen molar-refractivity contribution in [1.29, 1.82) is 0 Å². The third-order valence-corrected chi connectivity index (χ3v) is 11.4. The van der Waals surface area contributed by atoms with Gasteiger partial charge in [-0.25, -0.2) is 0 Å². The molecule has 4 aliphatic carbocycles. The number of fused-ring (bicyclic) bond motifs is 5. The first-order valence-corrected chi connectivity index (χ1v) is 14.5. The maximum absolute atomic E-state index is 2.80. The van der Waals surface area contributed by atoms with Gasteiger partial charge in [-0.15, -0.1) is 0 Å². The molecule has 4 aliphatic rings. The quantitative estimate of drug-likeness (QED) is 0.339. The van der Waals surface area contributed by atoms with E-state index in [1.807, 2.05) is 5.57 Å². The van der Waals surface area contributed by atoms with Gasteiger partial charge in [0.2, 0.25) is 0 Å². The van der Waals surface area contributed by atoms with Crippen LogP contribution in [0.15, 0.2) is 11.6 Å². The Hall–Kier alpha value is -0.260. The van der Waals surface area contributed by atoms with Gasteiger partial charge < -0.3 is 0 Å². The molecule has 31 heavy (non-hydrogen) atoms. The highest BCUT2D eigenvalue weighted by Crippen LogP contribution is 2.67. The molecule has 0 nitrogen and oxygen atoms in total. The van der Waals surface area contributed by atoms with Gasteiger partial charge in [0.25, 0.3) is 0 Å². The third kappa shape index (κ3) is 4.45. The van der Waals surface area contributed by atoms with Crippen LogP contribution in [-0.2, 0) is 0 Å². The number of unbranched alkanes of at least 4 members (excludes halogenated alkanes) is 1. The summed E-state index contributed by atoms with van der Waals surface area (Å²) in [4.78, 5) is 0. The highest BCUT2D eigenvalue weighted by Gasteiger charge is 2.59. The van der Waals surface area contributed by atoms with Crippen LogP contribution < -0.4 is 0 Å². The lowest BCUT2D eigenvalue weighted by atomic mass is 9.46. The van der Waals surface area contributed by atoms with E-state index in [2.05, 4.69) is 47.6 Å². The van der Waals surface area contributed by atoms with Crippen molar-refractivity contribution in [1.82, 2.24) is 0 Å². The third-order valence-electron chi connectivity index (χ3n) is 11.4. The van der Waals surface area contributed by atoms with Crippen LogP contribution in [0.25, 0.3) is 0 Å². The van der Waals surface area contributed by atoms with Gasteiger partial charge in [0, 0.05) is 0 Å². The van der Waals surface area contributed by atoms with Gasteiger partial charge in [-0.05, 0) is 104 Å². The molecule has 0 N–H and O–H groups in total. The van der Waals surface area contributed by atoms with E-state index >= 15 is 0 Å². The van der Waals surface area contributed by atoms with Crippen LogP contribution in [0, 0.1) is 52.3 Å². The Morgan fingerprint density at radius 1 is 0.935 bits per heavy atom. The molecule has 0 aromatic carbocycles. The Morgan fingerprint density at radius 3 is 2.48 bits per heavy atom. The molecule has 178 valence electrons. The molecule has 4 rings (SSSR count). The summed E-state index contributed by atoms with van der Waals surface area (Å²) >= 11 is 0. The Bertz CT molecular complexity index is 628. The summed E-state index contributed by atoms with van der Waals surface area (Å²) in [6.07, 6.45) is 23.4. The SMILES string of the molecule is CCCCC1CC[C@@]2(C)C(=CCC3C2CC[C@@]2(C)C3CC[C@@H]2[C@H](C)CCCC(C)C)C1. The maximum Gasteiger partial charge on any atom is -0.00851 e. The van der Waals surface area contributed by atoms with E-state index < -0.39 is 0 Å². The predicted molar refractivity (Wildman–Crippen MR) is 136 cm³/mol. The fraction of sp³-hybridized carbons (Fsp3) is 0.935. The van der Waals surface area contributed by atoms with Gasteiger partial charge in [-0.1, -0.05) is 91.7 Å². The van der Waals surface area contributed by atoms with E-state index in [1.54, 1.807) is 0 Å². The summed E-state index contributed by atoms with van der Waals surface area (Å²) in [7, 11) is 0. The first kappa shape index (κ1) is 23.9. The molecule has 0 bridgehead atoms. The number of hydrogen-bond acceptors (Lipinski definition) is 0. The lowest BCUT2D eigenvalue weighted by Crippen LogP contribution is -2.50. The van der Waals surface area contributed by atoms with Crippen molar-refractivity contribution in [3.63, 3.8) is 0 Å². The zero-order valence-electron chi connectivity index (χ0n) is 22.0. The predicted octanol–water partition coefficient (Wildman–Crippen LogP) is 9.83. The molecule has 3 fully saturated rings. The van der Waals surface area contributed by atoms with E-state index in [1.165, 1.54) is 89.9 Å². The van der Waals surface area contributed by atoms with Crippen molar-refractivity contribution in [2.24, 2.45) is 52.3 Å². The second kappa shape index (κ2) is 9.54. The van der Waals surface area contributed by atoms with Crippen molar-refractivity contribution in [3.8, 4) is 0 Å². The molecule has 3 saturated carbocycles. The van der Waals surface area contributed by atoms with E-state index in [9.17, 15) is 0 Å². The van der Waals surface area contributed by atoms with Gasteiger partial charge in [0.15, 0.2) is 0 Å². The number of rotatable bonds is 8. The van der Waals surface area contributed by atoms with Gasteiger partial charge in [-0.3, -0.25) is 0 Å². The van der Waals surface area contributed by atoms with E-state index in [0.29, 0.717) is 10.8 Å². The topological polar surface area (TPSA) is 0 Å². The highest BCUT2D eigenvalue weighted by molar-refractivity contribution is 5.25. The molecule has 0 aliphatic heterocycles. The van der Waals surface area contributed by atoms with Crippen molar-refractivity contribution in [3.05, 3.63) is 11.6 Å². The molecule has 0 heteroatoms. The molecule has 4 unspecified atom stereocenters. The summed E-state index contributed by atoms with van der Waals surface area (Å²) in [5.41, 5.74) is 3.09. The van der Waals surface area contributed by atoms with Crippen LogP contribution in [0.5, 0.6) is 0 Å². The van der Waals surface area contributed by atoms with Gasteiger partial charge >= 0.3 is 0 Å². The van der Waals surface area contributed by atoms with Crippen molar-refractivity contribution >= 4 is 0 Å². The summed E-state index contributed by atoms with van der Waals surface area (Å²) in [5, 5.41) is 0. The Labute approximate surface area is 195 Å². The van der Waals surface area contributed by atoms with Crippen LogP contribution >= 0.6 is 0 Å². The maximum atomic E-state index is 2.80. The minimum atomic E-state index is 0.550. The van der Waals surface area contributed by atoms with Crippen molar-refractivity contribution < 1.29 is 0 Å². The standard InChI is InChI=1S/C31H54/c1-7-8-12-24-17-19-30(5)25(21-24)13-14-26-28-16-15-27(23(4)11-9-10-22(2)3)31(28,6)20-18-29(26)30/h13,22-24,26-29H,7-12,14-21H2,1-6H3/t23-,24?,26?,27-,28?,29?,30+,31-/m1/s1. The van der Waals surface area contributed by atoms with Gasteiger partial charge in [-0.2, -0.15) is 0 Å². The lowest BCUT2D eigenvalue weighted by molar-refractivity contribution is -0.0529. The molecule has 8 atom stereocenters. The minimum Gasteiger partial charge on any atom is -0.0845 e. The molecule has 0 radical (unpaired) electrons. The van der Waals surface area contributed by atoms with Crippen LogP contribution in [0.4, 0.5) is 0 Å². The molecule has 0 aromatic heterocycles. The first-order valence-electron chi connectivity index (χ1n) is 14.5. The largest absolute Gasteiger partial charge is 0.0845 e. The Kier molecular flexibility index (Phi) is 7.35. The van der Waals surface area contributed by atoms with Gasteiger partial charge in [0.05, 0.1) is 0 Å². The summed E-state index contributed by atoms with van der Waals surface area (Å²) in [6.45, 7) is 15.2. The molecular formula is C31H54. The smallest absolute Gasteiger partial charge is 0.00851 e. The Morgan fingerprint density at radius 2 is 1.74 bits per heavy atom. The van der Waals surface area contributed by atoms with Crippen molar-refractivity contribution in [2.75, 3.05) is 0 Å². The van der Waals surface area contributed by atoms with Gasteiger partial charge in [0.1, 0.15) is 0 Å². The summed E-state index contributed by atoms with van der Waals surface area (Å²) < 4.78 is 0. The molecular weight excluding hydrogens is 372 g/mol. The zero-order chi connectivity index (χ0) is 22.2. The minimum absolute atomic E-state index is 0.550. The highest BCUT2D eigenvalue weighted by atomic mass is 14.6. The fourth-order valence-corrected chi connectivity index (χ4v) is 9.50. The molecule has 0 heterocycles. The molecule has 0 aromatic rings. The number of hydrogen-bond donors (Lipinski definition) is 0. The van der Waals surface area contributed by atoms with E-state index in [0.717, 1.165) is 41.4 Å². The number of allylic oxidation sites excluding steroid dienone is 2. The zero-order valence-corrected chi connectivity index (χ0v) is 22.0. The van der Waals surface area contributed by atoms with E-state index in [-0.39, 0.29) is 0 Å². The van der Waals surface area contributed by atoms with Crippen LogP contribution in [0.2, 0.25) is 0 Å².